The minimum atomic E-state index is 0.0792. The SMILES string of the molecule is Cc1cc2c(cc1C)N(CCO)c1ncncc1N2. The van der Waals surface area contributed by atoms with Crippen LogP contribution >= 0.6 is 0 Å². The molecule has 2 aromatic rings. The van der Waals surface area contributed by atoms with Gasteiger partial charge in [0.25, 0.3) is 0 Å². The average Bonchev–Trinajstić information content (AvgIpc) is 2.41. The molecule has 0 atom stereocenters. The smallest absolute Gasteiger partial charge is 0.160 e. The highest BCUT2D eigenvalue weighted by Gasteiger charge is 2.23. The summed E-state index contributed by atoms with van der Waals surface area (Å²) in [6, 6.07) is 4.24. The Balaban J connectivity index is 2.17. The number of nitrogens with zero attached hydrogens (tertiary/aromatic N) is 3. The standard InChI is InChI=1S/C14H16N4O/c1-9-5-11-13(6-10(9)2)18(3-4-19)14-12(17-11)7-15-8-16-14/h5-8,17,19H,3-4H2,1-2H3. The van der Waals surface area contributed by atoms with Crippen LogP contribution in [0.25, 0.3) is 0 Å². The summed E-state index contributed by atoms with van der Waals surface area (Å²) in [7, 11) is 0. The summed E-state index contributed by atoms with van der Waals surface area (Å²) in [5.41, 5.74) is 5.39. The Bertz CT molecular complexity index is 627. The molecule has 2 N–H and O–H groups in total. The van der Waals surface area contributed by atoms with Crippen LogP contribution in [0.5, 0.6) is 0 Å². The highest BCUT2D eigenvalue weighted by atomic mass is 16.3. The minimum Gasteiger partial charge on any atom is -0.395 e. The van der Waals surface area contributed by atoms with Crippen molar-refractivity contribution in [3.05, 3.63) is 35.8 Å². The largest absolute Gasteiger partial charge is 0.395 e. The van der Waals surface area contributed by atoms with Gasteiger partial charge in [-0.3, -0.25) is 0 Å². The second-order valence-corrected chi connectivity index (χ2v) is 4.71. The van der Waals surface area contributed by atoms with Crippen molar-refractivity contribution in [1.82, 2.24) is 9.97 Å². The van der Waals surface area contributed by atoms with Crippen molar-refractivity contribution in [2.24, 2.45) is 0 Å². The molecule has 5 nitrogen and oxygen atoms in total. The molecule has 0 saturated carbocycles. The molecular formula is C14H16N4O. The number of fused-ring (bicyclic) bond motifs is 2. The lowest BCUT2D eigenvalue weighted by Crippen LogP contribution is -2.27. The molecule has 98 valence electrons. The van der Waals surface area contributed by atoms with E-state index in [2.05, 4.69) is 41.3 Å². The van der Waals surface area contributed by atoms with E-state index in [9.17, 15) is 5.11 Å². The predicted molar refractivity (Wildman–Crippen MR) is 75.3 cm³/mol. The summed E-state index contributed by atoms with van der Waals surface area (Å²) in [5, 5.41) is 12.6. The Labute approximate surface area is 111 Å². The number of benzene rings is 1. The van der Waals surface area contributed by atoms with Crippen LogP contribution in [0.15, 0.2) is 24.7 Å². The fourth-order valence-corrected chi connectivity index (χ4v) is 2.34. The third-order valence-corrected chi connectivity index (χ3v) is 3.44. The van der Waals surface area contributed by atoms with Crippen molar-refractivity contribution in [3.63, 3.8) is 0 Å². The van der Waals surface area contributed by atoms with Crippen LogP contribution in [0.1, 0.15) is 11.1 Å². The first kappa shape index (κ1) is 11.9. The number of anilines is 4. The van der Waals surface area contributed by atoms with Gasteiger partial charge in [-0.25, -0.2) is 9.97 Å². The second kappa shape index (κ2) is 4.51. The molecule has 1 aliphatic heterocycles. The molecule has 1 aliphatic rings. The number of aliphatic hydroxyl groups excluding tert-OH is 1. The zero-order valence-corrected chi connectivity index (χ0v) is 11.0. The second-order valence-electron chi connectivity index (χ2n) is 4.71. The fraction of sp³-hybridized carbons (Fsp3) is 0.286. The number of aryl methyl sites for hydroxylation is 2. The molecule has 5 heteroatoms. The summed E-state index contributed by atoms with van der Waals surface area (Å²) < 4.78 is 0. The van der Waals surface area contributed by atoms with Gasteiger partial charge in [-0.2, -0.15) is 0 Å². The lowest BCUT2D eigenvalue weighted by Gasteiger charge is -2.32. The summed E-state index contributed by atoms with van der Waals surface area (Å²) in [4.78, 5) is 10.4. The van der Waals surface area contributed by atoms with Crippen molar-refractivity contribution >= 4 is 22.9 Å². The lowest BCUT2D eigenvalue weighted by atomic mass is 10.0. The van der Waals surface area contributed by atoms with Gasteiger partial charge in [0.1, 0.15) is 12.0 Å². The highest BCUT2D eigenvalue weighted by molar-refractivity contribution is 5.90. The Hall–Kier alpha value is -2.14. The quantitative estimate of drug-likeness (QED) is 0.863. The number of hydrogen-bond acceptors (Lipinski definition) is 5. The number of hydrogen-bond donors (Lipinski definition) is 2. The van der Waals surface area contributed by atoms with E-state index in [0.717, 1.165) is 22.9 Å². The molecule has 1 aromatic heterocycles. The van der Waals surface area contributed by atoms with Crippen molar-refractivity contribution < 1.29 is 5.11 Å². The molecule has 3 rings (SSSR count). The van der Waals surface area contributed by atoms with E-state index in [4.69, 9.17) is 0 Å². The van der Waals surface area contributed by atoms with E-state index in [1.165, 1.54) is 17.5 Å². The topological polar surface area (TPSA) is 61.3 Å². The Morgan fingerprint density at radius 1 is 1.21 bits per heavy atom. The van der Waals surface area contributed by atoms with Crippen LogP contribution in [0.4, 0.5) is 22.9 Å². The van der Waals surface area contributed by atoms with Gasteiger partial charge in [-0.05, 0) is 37.1 Å². The van der Waals surface area contributed by atoms with E-state index >= 15 is 0 Å². The summed E-state index contributed by atoms with van der Waals surface area (Å²) in [6.07, 6.45) is 3.28. The number of aromatic nitrogens is 2. The Morgan fingerprint density at radius 2 is 2.00 bits per heavy atom. The predicted octanol–water partition coefficient (Wildman–Crippen LogP) is 2.28. The monoisotopic (exact) mass is 256 g/mol. The molecule has 0 aliphatic carbocycles. The zero-order valence-electron chi connectivity index (χ0n) is 11.0. The summed E-state index contributed by atoms with van der Waals surface area (Å²) in [5.74, 6) is 0.805. The maximum absolute atomic E-state index is 9.29. The molecule has 0 saturated heterocycles. The van der Waals surface area contributed by atoms with E-state index in [1.54, 1.807) is 6.20 Å². The lowest BCUT2D eigenvalue weighted by molar-refractivity contribution is 0.305. The molecule has 19 heavy (non-hydrogen) atoms. The van der Waals surface area contributed by atoms with Gasteiger partial charge >= 0.3 is 0 Å². The summed E-state index contributed by atoms with van der Waals surface area (Å²) >= 11 is 0. The molecule has 1 aromatic carbocycles. The molecule has 0 unspecified atom stereocenters. The van der Waals surface area contributed by atoms with Crippen LogP contribution in [0, 0.1) is 13.8 Å². The van der Waals surface area contributed by atoms with E-state index in [0.29, 0.717) is 6.54 Å². The average molecular weight is 256 g/mol. The van der Waals surface area contributed by atoms with Crippen molar-refractivity contribution in [2.45, 2.75) is 13.8 Å². The van der Waals surface area contributed by atoms with Gasteiger partial charge in [0.05, 0.1) is 24.2 Å². The van der Waals surface area contributed by atoms with Gasteiger partial charge in [-0.15, -0.1) is 0 Å². The number of rotatable bonds is 2. The van der Waals surface area contributed by atoms with E-state index in [-0.39, 0.29) is 6.61 Å². The Morgan fingerprint density at radius 3 is 2.79 bits per heavy atom. The molecule has 0 amide bonds. The molecular weight excluding hydrogens is 240 g/mol. The summed E-state index contributed by atoms with van der Waals surface area (Å²) in [6.45, 7) is 4.77. The third kappa shape index (κ3) is 1.92. The van der Waals surface area contributed by atoms with E-state index in [1.807, 2.05) is 4.90 Å². The van der Waals surface area contributed by atoms with E-state index < -0.39 is 0 Å². The maximum atomic E-state index is 9.29. The normalized spacial score (nSPS) is 12.7. The molecule has 2 heterocycles. The van der Waals surface area contributed by atoms with Gasteiger partial charge in [0, 0.05) is 6.54 Å². The third-order valence-electron chi connectivity index (χ3n) is 3.44. The van der Waals surface area contributed by atoms with Crippen LogP contribution in [-0.4, -0.2) is 28.2 Å². The minimum absolute atomic E-state index is 0.0792. The maximum Gasteiger partial charge on any atom is 0.160 e. The van der Waals surface area contributed by atoms with Gasteiger partial charge in [0.2, 0.25) is 0 Å². The first-order valence-corrected chi connectivity index (χ1v) is 6.27. The van der Waals surface area contributed by atoms with Crippen LogP contribution in [-0.2, 0) is 0 Å². The van der Waals surface area contributed by atoms with Crippen molar-refractivity contribution in [1.29, 1.82) is 0 Å². The number of β-amino-alcohol motifs (C(OH)–C–C–N with tert-alkyl or cyclic N) is 1. The fourth-order valence-electron chi connectivity index (χ4n) is 2.34. The first-order chi connectivity index (χ1) is 9.20. The van der Waals surface area contributed by atoms with Crippen LogP contribution in [0.3, 0.4) is 0 Å². The Kier molecular flexibility index (Phi) is 2.83. The van der Waals surface area contributed by atoms with Crippen molar-refractivity contribution in [3.8, 4) is 0 Å². The van der Waals surface area contributed by atoms with Crippen molar-refractivity contribution in [2.75, 3.05) is 23.4 Å². The van der Waals surface area contributed by atoms with Gasteiger partial charge in [0.15, 0.2) is 5.82 Å². The van der Waals surface area contributed by atoms with Crippen LogP contribution < -0.4 is 10.2 Å². The van der Waals surface area contributed by atoms with Gasteiger partial charge in [-0.1, -0.05) is 0 Å². The molecule has 0 bridgehead atoms. The first-order valence-electron chi connectivity index (χ1n) is 6.27. The highest BCUT2D eigenvalue weighted by Crippen LogP contribution is 2.42. The van der Waals surface area contributed by atoms with Crippen LogP contribution in [0.2, 0.25) is 0 Å². The number of aliphatic hydroxyl groups is 1. The molecule has 0 radical (unpaired) electrons. The van der Waals surface area contributed by atoms with Gasteiger partial charge < -0.3 is 15.3 Å². The molecule has 0 spiro atoms. The zero-order chi connectivity index (χ0) is 13.4. The number of nitrogens with one attached hydrogen (secondary N) is 1. The molecule has 0 fully saturated rings.